The van der Waals surface area contributed by atoms with Crippen LogP contribution < -0.4 is 0 Å². The van der Waals surface area contributed by atoms with E-state index in [-0.39, 0.29) is 34.7 Å². The van der Waals surface area contributed by atoms with Gasteiger partial charge in [0.2, 0.25) is 0 Å². The quantitative estimate of drug-likeness (QED) is 0.539. The van der Waals surface area contributed by atoms with Crippen LogP contribution in [0.1, 0.15) is 48.0 Å². The zero-order valence-corrected chi connectivity index (χ0v) is 16.8. The number of ether oxygens (including phenoxy) is 2. The average molecular weight is 331 g/mol. The fourth-order valence-electron chi connectivity index (χ4n) is 1.65. The maximum absolute atomic E-state index is 12.4. The molecule has 0 aliphatic carbocycles. The molecular formula is C17H34O4Si. The molecule has 0 saturated carbocycles. The monoisotopic (exact) mass is 330 g/mol. The zero-order valence-electron chi connectivity index (χ0n) is 15.8. The number of hydrogen-bond donors (Lipinski definition) is 0. The summed E-state index contributed by atoms with van der Waals surface area (Å²) in [6.07, 6.45) is 0.120. The molecule has 0 aromatic rings. The predicted molar refractivity (Wildman–Crippen MR) is 92.5 cm³/mol. The van der Waals surface area contributed by atoms with Crippen LogP contribution in [0.4, 0.5) is 0 Å². The van der Waals surface area contributed by atoms with Gasteiger partial charge in [0.25, 0.3) is 0 Å². The van der Waals surface area contributed by atoms with Crippen molar-refractivity contribution in [2.24, 2.45) is 10.8 Å². The van der Waals surface area contributed by atoms with E-state index in [4.69, 9.17) is 9.47 Å². The van der Waals surface area contributed by atoms with Gasteiger partial charge in [0.15, 0.2) is 0 Å². The number of hydrogen-bond acceptors (Lipinski definition) is 4. The Balaban J connectivity index is 4.73. The van der Waals surface area contributed by atoms with Crippen molar-refractivity contribution >= 4 is 20.0 Å². The van der Waals surface area contributed by atoms with Crippen molar-refractivity contribution in [3.63, 3.8) is 0 Å². The molecule has 0 saturated heterocycles. The molecule has 0 aromatic heterocycles. The molecule has 0 fully saturated rings. The van der Waals surface area contributed by atoms with Gasteiger partial charge in [-0.05, 0) is 10.8 Å². The van der Waals surface area contributed by atoms with Crippen molar-refractivity contribution in [2.75, 3.05) is 13.2 Å². The van der Waals surface area contributed by atoms with Gasteiger partial charge in [-0.2, -0.15) is 0 Å². The minimum absolute atomic E-state index is 0.0724. The highest BCUT2D eigenvalue weighted by Gasteiger charge is 2.37. The summed E-state index contributed by atoms with van der Waals surface area (Å²) < 4.78 is 10.7. The van der Waals surface area contributed by atoms with E-state index in [0.29, 0.717) is 13.2 Å². The lowest BCUT2D eigenvalue weighted by molar-refractivity contribution is -0.153. The Morgan fingerprint density at radius 2 is 1.27 bits per heavy atom. The smallest absolute Gasteiger partial charge is 0.306 e. The number of carbonyl (C=O) groups excluding carboxylic acids is 2. The van der Waals surface area contributed by atoms with E-state index in [1.807, 2.05) is 41.5 Å². The standard InChI is InChI=1S/C17H34O4Si/c1-16(2,3)11-20-14(18)10-13(22(7,8)9)15(19)21-12-17(4,5)6/h13H,10-12H2,1-9H3. The van der Waals surface area contributed by atoms with Crippen molar-refractivity contribution < 1.29 is 19.1 Å². The Kier molecular flexibility index (Phi) is 7.33. The van der Waals surface area contributed by atoms with Gasteiger partial charge in [0, 0.05) is 0 Å². The van der Waals surface area contributed by atoms with Crippen LogP contribution in [0.3, 0.4) is 0 Å². The van der Waals surface area contributed by atoms with Gasteiger partial charge in [-0.1, -0.05) is 61.2 Å². The van der Waals surface area contributed by atoms with Crippen molar-refractivity contribution in [3.05, 3.63) is 0 Å². The third-order valence-electron chi connectivity index (χ3n) is 3.01. The summed E-state index contributed by atoms with van der Waals surface area (Å²) in [6.45, 7) is 19.0. The van der Waals surface area contributed by atoms with Gasteiger partial charge in [0.1, 0.15) is 0 Å². The third kappa shape index (κ3) is 9.98. The first-order valence-corrected chi connectivity index (χ1v) is 11.5. The molecule has 0 amide bonds. The summed E-state index contributed by atoms with van der Waals surface area (Å²) in [6, 6.07) is 0. The molecular weight excluding hydrogens is 296 g/mol. The van der Waals surface area contributed by atoms with Gasteiger partial charge in [-0.15, -0.1) is 0 Å². The maximum Gasteiger partial charge on any atom is 0.306 e. The molecule has 0 N–H and O–H groups in total. The molecule has 1 unspecified atom stereocenters. The van der Waals surface area contributed by atoms with Crippen molar-refractivity contribution in [1.82, 2.24) is 0 Å². The Hall–Kier alpha value is -0.843. The summed E-state index contributed by atoms with van der Waals surface area (Å²) >= 11 is 0. The largest absolute Gasteiger partial charge is 0.465 e. The van der Waals surface area contributed by atoms with E-state index in [9.17, 15) is 9.59 Å². The van der Waals surface area contributed by atoms with Crippen molar-refractivity contribution in [3.8, 4) is 0 Å². The van der Waals surface area contributed by atoms with Crippen LogP contribution in [0.25, 0.3) is 0 Å². The molecule has 0 aromatic carbocycles. The molecule has 5 heteroatoms. The molecule has 0 radical (unpaired) electrons. The topological polar surface area (TPSA) is 52.6 Å². The molecule has 22 heavy (non-hydrogen) atoms. The highest BCUT2D eigenvalue weighted by atomic mass is 28.3. The molecule has 0 aliphatic rings. The molecule has 0 aliphatic heterocycles. The second-order valence-electron chi connectivity index (χ2n) is 9.51. The van der Waals surface area contributed by atoms with E-state index >= 15 is 0 Å². The van der Waals surface area contributed by atoms with E-state index in [0.717, 1.165) is 0 Å². The Bertz CT molecular complexity index is 383. The molecule has 0 spiro atoms. The number of rotatable bonds is 6. The van der Waals surface area contributed by atoms with Crippen LogP contribution in [-0.2, 0) is 19.1 Å². The minimum atomic E-state index is -1.86. The van der Waals surface area contributed by atoms with Gasteiger partial charge in [-0.25, -0.2) is 0 Å². The lowest BCUT2D eigenvalue weighted by Crippen LogP contribution is -2.38. The summed E-state index contributed by atoms with van der Waals surface area (Å²) in [7, 11) is -1.86. The van der Waals surface area contributed by atoms with E-state index in [2.05, 4.69) is 19.6 Å². The molecule has 0 bridgehead atoms. The van der Waals surface area contributed by atoms with Gasteiger partial charge >= 0.3 is 11.9 Å². The van der Waals surface area contributed by atoms with E-state index in [1.54, 1.807) is 0 Å². The van der Waals surface area contributed by atoms with E-state index in [1.165, 1.54) is 0 Å². The van der Waals surface area contributed by atoms with Crippen LogP contribution >= 0.6 is 0 Å². The molecule has 1 atom stereocenters. The Labute approximate surface area is 137 Å². The van der Waals surface area contributed by atoms with Crippen LogP contribution in [-0.4, -0.2) is 33.2 Å². The summed E-state index contributed by atoms with van der Waals surface area (Å²) in [5, 5.41) is 0. The molecule has 4 nitrogen and oxygen atoms in total. The molecule has 0 rings (SSSR count). The van der Waals surface area contributed by atoms with E-state index < -0.39 is 8.07 Å². The average Bonchev–Trinajstić information content (AvgIpc) is 2.27. The number of esters is 2. The fourth-order valence-corrected chi connectivity index (χ4v) is 3.22. The Morgan fingerprint density at radius 1 is 0.864 bits per heavy atom. The molecule has 0 heterocycles. The van der Waals surface area contributed by atoms with Gasteiger partial charge in [0.05, 0.1) is 33.2 Å². The first kappa shape index (κ1) is 21.2. The normalized spacial score (nSPS) is 14.4. The Morgan fingerprint density at radius 3 is 1.64 bits per heavy atom. The maximum atomic E-state index is 12.4. The highest BCUT2D eigenvalue weighted by molar-refractivity contribution is 6.80. The molecule has 130 valence electrons. The second-order valence-corrected chi connectivity index (χ2v) is 14.9. The second kappa shape index (κ2) is 7.62. The minimum Gasteiger partial charge on any atom is -0.465 e. The lowest BCUT2D eigenvalue weighted by atomic mass is 9.98. The van der Waals surface area contributed by atoms with Crippen LogP contribution in [0, 0.1) is 10.8 Å². The van der Waals surface area contributed by atoms with Crippen LogP contribution in [0.2, 0.25) is 25.2 Å². The number of carbonyl (C=O) groups is 2. The van der Waals surface area contributed by atoms with Crippen LogP contribution in [0.15, 0.2) is 0 Å². The van der Waals surface area contributed by atoms with Crippen LogP contribution in [0.5, 0.6) is 0 Å². The SMILES string of the molecule is CC(C)(C)COC(=O)CC(C(=O)OCC(C)(C)C)[Si](C)(C)C. The van der Waals surface area contributed by atoms with Crippen molar-refractivity contribution in [1.29, 1.82) is 0 Å². The first-order chi connectivity index (χ1) is 9.62. The van der Waals surface area contributed by atoms with Crippen molar-refractivity contribution in [2.45, 2.75) is 73.1 Å². The first-order valence-electron chi connectivity index (χ1n) is 7.94. The predicted octanol–water partition coefficient (Wildman–Crippen LogP) is 4.26. The summed E-state index contributed by atoms with van der Waals surface area (Å²) in [5.41, 5.74) is -0.508. The zero-order chi connectivity index (χ0) is 17.8. The third-order valence-corrected chi connectivity index (χ3v) is 5.54. The van der Waals surface area contributed by atoms with Gasteiger partial charge < -0.3 is 9.47 Å². The fraction of sp³-hybridized carbons (Fsp3) is 0.882. The van der Waals surface area contributed by atoms with Gasteiger partial charge in [-0.3, -0.25) is 9.59 Å². The highest BCUT2D eigenvalue weighted by Crippen LogP contribution is 2.29. The lowest BCUT2D eigenvalue weighted by Gasteiger charge is -2.28. The summed E-state index contributed by atoms with van der Waals surface area (Å²) in [4.78, 5) is 24.4. The summed E-state index contributed by atoms with van der Waals surface area (Å²) in [5.74, 6) is -0.572.